The molecular weight excluding hydrogens is 466 g/mol. The van der Waals surface area contributed by atoms with Crippen LogP contribution in [0.1, 0.15) is 16.8 Å². The summed E-state index contributed by atoms with van der Waals surface area (Å²) < 4.78 is 22.5. The number of carbonyl (C=O) groups is 1. The van der Waals surface area contributed by atoms with E-state index in [1.807, 2.05) is 26.2 Å². The van der Waals surface area contributed by atoms with Gasteiger partial charge in [0.05, 0.1) is 28.4 Å². The third-order valence-electron chi connectivity index (χ3n) is 4.99. The maximum atomic E-state index is 13.6. The molecule has 0 aliphatic rings. The van der Waals surface area contributed by atoms with E-state index in [1.165, 1.54) is 11.3 Å². The van der Waals surface area contributed by atoms with Crippen LogP contribution in [0.2, 0.25) is 0 Å². The number of methoxy groups -OCH3 is 4. The fourth-order valence-corrected chi connectivity index (χ4v) is 4.44. The number of nitrogens with zero attached hydrogens (tertiary/aromatic N) is 3. The van der Waals surface area contributed by atoms with E-state index in [1.54, 1.807) is 51.5 Å². The van der Waals surface area contributed by atoms with Crippen LogP contribution in [-0.4, -0.2) is 71.4 Å². The average molecular weight is 496 g/mol. The van der Waals surface area contributed by atoms with E-state index in [-0.39, 0.29) is 18.3 Å². The number of hydrogen-bond acceptors (Lipinski definition) is 8. The van der Waals surface area contributed by atoms with E-state index >= 15 is 0 Å². The molecular formula is C23H30ClN3O5S. The van der Waals surface area contributed by atoms with Crippen LogP contribution in [0.4, 0.5) is 5.13 Å². The highest BCUT2D eigenvalue weighted by atomic mass is 35.5. The fraction of sp³-hybridized carbons (Fsp3) is 0.391. The van der Waals surface area contributed by atoms with Gasteiger partial charge in [-0.2, -0.15) is 0 Å². The minimum Gasteiger partial charge on any atom is -0.495 e. The third kappa shape index (κ3) is 5.79. The molecule has 0 N–H and O–H groups in total. The smallest absolute Gasteiger partial charge is 0.260 e. The van der Waals surface area contributed by atoms with Crippen molar-refractivity contribution < 1.29 is 23.7 Å². The van der Waals surface area contributed by atoms with Gasteiger partial charge in [-0.05, 0) is 57.4 Å². The van der Waals surface area contributed by atoms with Gasteiger partial charge in [0.1, 0.15) is 21.7 Å². The first-order valence-corrected chi connectivity index (χ1v) is 10.9. The summed E-state index contributed by atoms with van der Waals surface area (Å²) in [5.74, 6) is 2.23. The highest BCUT2D eigenvalue weighted by molar-refractivity contribution is 7.22. The summed E-state index contributed by atoms with van der Waals surface area (Å²) in [5.41, 5.74) is 1.16. The number of carbonyl (C=O) groups excluding carboxylic acids is 1. The van der Waals surface area contributed by atoms with Gasteiger partial charge in [-0.1, -0.05) is 11.3 Å². The maximum absolute atomic E-state index is 13.6. The van der Waals surface area contributed by atoms with Crippen molar-refractivity contribution in [2.24, 2.45) is 0 Å². The Hall–Kier alpha value is -2.75. The van der Waals surface area contributed by atoms with Gasteiger partial charge >= 0.3 is 0 Å². The molecule has 180 valence electrons. The molecule has 10 heteroatoms. The number of ether oxygens (including phenoxy) is 4. The first-order valence-electron chi connectivity index (χ1n) is 10.1. The molecule has 0 spiro atoms. The molecule has 2 aromatic carbocycles. The van der Waals surface area contributed by atoms with Crippen molar-refractivity contribution >= 4 is 45.0 Å². The molecule has 33 heavy (non-hydrogen) atoms. The van der Waals surface area contributed by atoms with Gasteiger partial charge in [-0.15, -0.1) is 12.4 Å². The predicted octanol–water partition coefficient (Wildman–Crippen LogP) is 4.35. The number of fused-ring (bicyclic) bond motifs is 1. The lowest BCUT2D eigenvalue weighted by Crippen LogP contribution is -2.33. The molecule has 0 unspecified atom stereocenters. The monoisotopic (exact) mass is 495 g/mol. The third-order valence-corrected chi connectivity index (χ3v) is 6.09. The lowest BCUT2D eigenvalue weighted by Gasteiger charge is -2.21. The van der Waals surface area contributed by atoms with E-state index < -0.39 is 0 Å². The first kappa shape index (κ1) is 26.5. The second kappa shape index (κ2) is 11.9. The average Bonchev–Trinajstić information content (AvgIpc) is 3.25. The number of aromatic nitrogens is 1. The van der Waals surface area contributed by atoms with Crippen molar-refractivity contribution in [1.82, 2.24) is 9.88 Å². The van der Waals surface area contributed by atoms with Gasteiger partial charge in [0.25, 0.3) is 5.91 Å². The predicted molar refractivity (Wildman–Crippen MR) is 134 cm³/mol. The molecule has 0 atom stereocenters. The SMILES string of the molecule is COc1ccc(C(=O)N(CCCN(C)C)c2nc3c(OC)ccc(OC)c3s2)cc1OC.Cl. The van der Waals surface area contributed by atoms with Gasteiger partial charge in [-0.25, -0.2) is 4.98 Å². The van der Waals surface area contributed by atoms with Crippen molar-refractivity contribution in [3.05, 3.63) is 35.9 Å². The minimum atomic E-state index is -0.165. The second-order valence-corrected chi connectivity index (χ2v) is 8.31. The largest absolute Gasteiger partial charge is 0.495 e. The molecule has 8 nitrogen and oxygen atoms in total. The van der Waals surface area contributed by atoms with E-state index in [2.05, 4.69) is 4.90 Å². The standard InChI is InChI=1S/C23H29N3O5S.ClH/c1-25(2)12-7-13-26(22(27)15-8-9-16(28-3)19(14-15)31-6)23-24-20-17(29-4)10-11-18(30-5)21(20)32-23;/h8-11,14H,7,12-13H2,1-6H3;1H. The number of benzene rings is 2. The molecule has 0 saturated carbocycles. The molecule has 0 bridgehead atoms. The zero-order valence-corrected chi connectivity index (χ0v) is 21.3. The summed E-state index contributed by atoms with van der Waals surface area (Å²) in [7, 11) is 10.3. The molecule has 1 amide bonds. The molecule has 1 heterocycles. The van der Waals surface area contributed by atoms with Crippen LogP contribution in [0, 0.1) is 0 Å². The van der Waals surface area contributed by atoms with E-state index in [9.17, 15) is 4.79 Å². The number of rotatable bonds is 10. The van der Waals surface area contributed by atoms with Crippen LogP contribution in [-0.2, 0) is 0 Å². The highest BCUT2D eigenvalue weighted by Crippen LogP contribution is 2.40. The van der Waals surface area contributed by atoms with Crippen LogP contribution in [0.25, 0.3) is 10.2 Å². The number of anilines is 1. The Balaban J connectivity index is 0.00000385. The molecule has 0 saturated heterocycles. The van der Waals surface area contributed by atoms with Crippen LogP contribution in [0.15, 0.2) is 30.3 Å². The van der Waals surface area contributed by atoms with Crippen molar-refractivity contribution in [2.75, 3.05) is 60.5 Å². The maximum Gasteiger partial charge on any atom is 0.260 e. The van der Waals surface area contributed by atoms with Gasteiger partial charge in [-0.3, -0.25) is 9.69 Å². The van der Waals surface area contributed by atoms with Crippen molar-refractivity contribution in [3.8, 4) is 23.0 Å². The van der Waals surface area contributed by atoms with Gasteiger partial charge < -0.3 is 23.8 Å². The van der Waals surface area contributed by atoms with Gasteiger partial charge in [0, 0.05) is 12.1 Å². The Kier molecular flexibility index (Phi) is 9.57. The fourth-order valence-electron chi connectivity index (χ4n) is 3.34. The van der Waals surface area contributed by atoms with E-state index in [4.69, 9.17) is 23.9 Å². The number of halogens is 1. The summed E-state index contributed by atoms with van der Waals surface area (Å²) in [6, 6.07) is 8.81. The van der Waals surface area contributed by atoms with Crippen molar-refractivity contribution in [1.29, 1.82) is 0 Å². The second-order valence-electron chi connectivity index (χ2n) is 7.33. The van der Waals surface area contributed by atoms with E-state index in [0.717, 1.165) is 17.7 Å². The normalized spacial score (nSPS) is 10.6. The molecule has 0 fully saturated rings. The molecule has 0 radical (unpaired) electrons. The first-order chi connectivity index (χ1) is 15.4. The number of amides is 1. The molecule has 1 aromatic heterocycles. The Bertz CT molecular complexity index is 1050. The molecule has 0 aliphatic heterocycles. The highest BCUT2D eigenvalue weighted by Gasteiger charge is 2.24. The molecule has 3 rings (SSSR count). The summed E-state index contributed by atoms with van der Waals surface area (Å²) >= 11 is 1.40. The Morgan fingerprint density at radius 1 is 0.879 bits per heavy atom. The van der Waals surface area contributed by atoms with Crippen LogP contribution in [0.5, 0.6) is 23.0 Å². The molecule has 0 aliphatic carbocycles. The van der Waals surface area contributed by atoms with Crippen LogP contribution >= 0.6 is 23.7 Å². The zero-order chi connectivity index (χ0) is 23.3. The van der Waals surface area contributed by atoms with Gasteiger partial charge in [0.15, 0.2) is 16.6 Å². The summed E-state index contributed by atoms with van der Waals surface area (Å²) in [6.45, 7) is 1.35. The minimum absolute atomic E-state index is 0. The van der Waals surface area contributed by atoms with Gasteiger partial charge in [0.2, 0.25) is 0 Å². The van der Waals surface area contributed by atoms with Crippen LogP contribution in [0.3, 0.4) is 0 Å². The molecule has 3 aromatic rings. The lowest BCUT2D eigenvalue weighted by molar-refractivity contribution is 0.0985. The van der Waals surface area contributed by atoms with Crippen LogP contribution < -0.4 is 23.8 Å². The number of thiazole rings is 1. The topological polar surface area (TPSA) is 73.4 Å². The Morgan fingerprint density at radius 3 is 2.09 bits per heavy atom. The Morgan fingerprint density at radius 2 is 1.48 bits per heavy atom. The quantitative estimate of drug-likeness (QED) is 0.414. The van der Waals surface area contributed by atoms with Crippen molar-refractivity contribution in [2.45, 2.75) is 6.42 Å². The summed E-state index contributed by atoms with van der Waals surface area (Å²) in [6.07, 6.45) is 0.788. The lowest BCUT2D eigenvalue weighted by atomic mass is 10.1. The summed E-state index contributed by atoms with van der Waals surface area (Å²) in [5, 5.41) is 0.585. The zero-order valence-electron chi connectivity index (χ0n) is 19.7. The summed E-state index contributed by atoms with van der Waals surface area (Å²) in [4.78, 5) is 22.1. The number of hydrogen-bond donors (Lipinski definition) is 0. The van der Waals surface area contributed by atoms with E-state index in [0.29, 0.717) is 45.8 Å². The van der Waals surface area contributed by atoms with Crippen molar-refractivity contribution in [3.63, 3.8) is 0 Å². The Labute approximate surface area is 204 Å².